The second kappa shape index (κ2) is 8.27. The van der Waals surface area contributed by atoms with E-state index in [1.807, 2.05) is 32.0 Å². The number of fused-ring (bicyclic) bond motifs is 2. The van der Waals surface area contributed by atoms with Crippen LogP contribution in [-0.2, 0) is 16.0 Å². The molecule has 3 aromatic carbocycles. The number of aromatic nitrogens is 1. The summed E-state index contributed by atoms with van der Waals surface area (Å²) in [6.45, 7) is 3.92. The van der Waals surface area contributed by atoms with Crippen LogP contribution in [0.3, 0.4) is 0 Å². The number of hydrogen-bond acceptors (Lipinski definition) is 6. The number of ether oxygens (including phenoxy) is 1. The number of aliphatic hydroxyl groups is 1. The maximum Gasteiger partial charge on any atom is 0.301 e. The number of anilines is 1. The highest BCUT2D eigenvalue weighted by Gasteiger charge is 2.48. The van der Waals surface area contributed by atoms with E-state index >= 15 is 0 Å². The van der Waals surface area contributed by atoms with Crippen molar-refractivity contribution >= 4 is 44.1 Å². The molecule has 0 radical (unpaired) electrons. The van der Waals surface area contributed by atoms with Gasteiger partial charge in [0.05, 0.1) is 21.8 Å². The lowest BCUT2D eigenvalue weighted by Gasteiger charge is -2.23. The monoisotopic (exact) mass is 500 g/mol. The summed E-state index contributed by atoms with van der Waals surface area (Å²) in [5.41, 5.74) is 3.51. The maximum atomic E-state index is 13.8. The molecule has 1 saturated heterocycles. The summed E-state index contributed by atoms with van der Waals surface area (Å²) in [6.07, 6.45) is 0.696. The van der Waals surface area contributed by atoms with Crippen molar-refractivity contribution in [2.24, 2.45) is 0 Å². The summed E-state index contributed by atoms with van der Waals surface area (Å²) in [7, 11) is 0. The topological polar surface area (TPSA) is 79.7 Å². The zero-order chi connectivity index (χ0) is 25.1. The van der Waals surface area contributed by atoms with Crippen molar-refractivity contribution in [1.29, 1.82) is 0 Å². The first kappa shape index (κ1) is 22.4. The number of amides is 1. The van der Waals surface area contributed by atoms with Gasteiger partial charge in [-0.1, -0.05) is 29.5 Å². The molecular weight excluding hydrogens is 479 g/mol. The van der Waals surface area contributed by atoms with Gasteiger partial charge in [-0.3, -0.25) is 14.5 Å². The molecule has 0 aliphatic carbocycles. The van der Waals surface area contributed by atoms with Crippen molar-refractivity contribution in [3.63, 3.8) is 0 Å². The van der Waals surface area contributed by atoms with Crippen LogP contribution in [0.2, 0.25) is 0 Å². The van der Waals surface area contributed by atoms with Gasteiger partial charge < -0.3 is 9.84 Å². The summed E-state index contributed by atoms with van der Waals surface area (Å²) < 4.78 is 20.4. The lowest BCUT2D eigenvalue weighted by molar-refractivity contribution is -0.132. The standard InChI is InChI=1S/C28H21FN2O4S/c1-14-3-9-20-22(11-14)36-28(30-20)31-24(16-4-7-19(29)8-5-16)23(26(33)27(31)34)25(32)17-6-10-21-18(13-17)12-15(2)35-21/h3-11,13,15,24,32H,12H2,1-2H3/t15-,24+/m0/s1. The van der Waals surface area contributed by atoms with Gasteiger partial charge in [0.1, 0.15) is 23.4 Å². The molecule has 6 nitrogen and oxygen atoms in total. The summed E-state index contributed by atoms with van der Waals surface area (Å²) in [5.74, 6) is -1.61. The Balaban J connectivity index is 1.53. The van der Waals surface area contributed by atoms with Crippen molar-refractivity contribution < 1.29 is 23.8 Å². The Hall–Kier alpha value is -4.04. The fourth-order valence-corrected chi connectivity index (χ4v) is 5.93. The number of Topliss-reactive ketones (excluding diaryl/α,β-unsaturated/α-hetero) is 1. The van der Waals surface area contributed by atoms with Crippen LogP contribution in [0.5, 0.6) is 5.75 Å². The summed E-state index contributed by atoms with van der Waals surface area (Å²) >= 11 is 1.29. The Labute approximate surface area is 210 Å². The average Bonchev–Trinajstić information content (AvgIpc) is 3.51. The summed E-state index contributed by atoms with van der Waals surface area (Å²) in [4.78, 5) is 32.7. The molecule has 4 aromatic rings. The van der Waals surface area contributed by atoms with Crippen LogP contribution < -0.4 is 9.64 Å². The normalized spacial score (nSPS) is 20.7. The molecule has 0 unspecified atom stereocenters. The predicted octanol–water partition coefficient (Wildman–Crippen LogP) is 5.69. The molecule has 1 N–H and O–H groups in total. The molecular formula is C28H21FN2O4S. The molecule has 0 saturated carbocycles. The molecule has 36 heavy (non-hydrogen) atoms. The van der Waals surface area contributed by atoms with Gasteiger partial charge in [-0.15, -0.1) is 0 Å². The van der Waals surface area contributed by atoms with E-state index in [1.54, 1.807) is 18.2 Å². The molecule has 1 amide bonds. The van der Waals surface area contributed by atoms with Gasteiger partial charge in [0.25, 0.3) is 5.78 Å². The molecule has 0 bridgehead atoms. The third-order valence-electron chi connectivity index (χ3n) is 6.54. The van der Waals surface area contributed by atoms with Crippen LogP contribution in [0.1, 0.15) is 35.2 Å². The number of nitrogens with zero attached hydrogens (tertiary/aromatic N) is 2. The van der Waals surface area contributed by atoms with E-state index in [0.717, 1.165) is 21.6 Å². The minimum atomic E-state index is -0.962. The number of thiazole rings is 1. The van der Waals surface area contributed by atoms with E-state index < -0.39 is 23.5 Å². The Morgan fingerprint density at radius 2 is 1.89 bits per heavy atom. The van der Waals surface area contributed by atoms with E-state index in [0.29, 0.717) is 28.2 Å². The van der Waals surface area contributed by atoms with Crippen molar-refractivity contribution in [2.75, 3.05) is 4.90 Å². The van der Waals surface area contributed by atoms with Gasteiger partial charge in [0.15, 0.2) is 5.13 Å². The quantitative estimate of drug-likeness (QED) is 0.222. The van der Waals surface area contributed by atoms with Crippen molar-refractivity contribution in [3.05, 3.63) is 94.3 Å². The number of benzene rings is 3. The molecule has 2 aliphatic heterocycles. The van der Waals surface area contributed by atoms with Crippen LogP contribution in [0.15, 0.2) is 66.2 Å². The summed E-state index contributed by atoms with van der Waals surface area (Å²) in [6, 6.07) is 15.6. The zero-order valence-electron chi connectivity index (χ0n) is 19.5. The first-order valence-corrected chi connectivity index (χ1v) is 12.4. The van der Waals surface area contributed by atoms with Crippen LogP contribution in [0, 0.1) is 12.7 Å². The highest BCUT2D eigenvalue weighted by molar-refractivity contribution is 7.22. The van der Waals surface area contributed by atoms with Crippen molar-refractivity contribution in [1.82, 2.24) is 4.98 Å². The number of aliphatic hydroxyl groups excluding tert-OH is 1. The minimum absolute atomic E-state index is 0.0184. The van der Waals surface area contributed by atoms with Gasteiger partial charge in [-0.2, -0.15) is 0 Å². The Morgan fingerprint density at radius 3 is 2.67 bits per heavy atom. The van der Waals surface area contributed by atoms with Gasteiger partial charge in [-0.25, -0.2) is 9.37 Å². The first-order chi connectivity index (χ1) is 17.3. The molecule has 180 valence electrons. The Bertz CT molecular complexity index is 1590. The molecule has 8 heteroatoms. The Morgan fingerprint density at radius 1 is 1.11 bits per heavy atom. The van der Waals surface area contributed by atoms with E-state index in [4.69, 9.17) is 4.74 Å². The number of rotatable bonds is 3. The fourth-order valence-electron chi connectivity index (χ4n) is 4.84. The zero-order valence-corrected chi connectivity index (χ0v) is 20.3. The SMILES string of the molecule is Cc1ccc2nc(N3C(=O)C(=O)C(=C(O)c4ccc5c(c4)C[C@H](C)O5)[C@H]3c3ccc(F)cc3)sc2c1. The first-order valence-electron chi connectivity index (χ1n) is 11.5. The number of ketones is 1. The predicted molar refractivity (Wildman–Crippen MR) is 136 cm³/mol. The number of hydrogen-bond donors (Lipinski definition) is 1. The molecule has 3 heterocycles. The van der Waals surface area contributed by atoms with E-state index in [2.05, 4.69) is 4.98 Å². The molecule has 6 rings (SSSR count). The second-order valence-corrected chi connectivity index (χ2v) is 10.2. The number of halogens is 1. The maximum absolute atomic E-state index is 13.8. The lowest BCUT2D eigenvalue weighted by Crippen LogP contribution is -2.29. The van der Waals surface area contributed by atoms with Gasteiger partial charge in [-0.05, 0) is 73.0 Å². The third kappa shape index (κ3) is 3.56. The van der Waals surface area contributed by atoms with Gasteiger partial charge in [0.2, 0.25) is 0 Å². The third-order valence-corrected chi connectivity index (χ3v) is 7.56. The van der Waals surface area contributed by atoms with Crippen LogP contribution in [0.25, 0.3) is 16.0 Å². The molecule has 1 fully saturated rings. The van der Waals surface area contributed by atoms with Crippen molar-refractivity contribution in [2.45, 2.75) is 32.4 Å². The van der Waals surface area contributed by atoms with Crippen LogP contribution >= 0.6 is 11.3 Å². The molecule has 1 aromatic heterocycles. The minimum Gasteiger partial charge on any atom is -0.507 e. The Kier molecular flexibility index (Phi) is 5.15. The van der Waals surface area contributed by atoms with E-state index in [-0.39, 0.29) is 17.4 Å². The van der Waals surface area contributed by atoms with E-state index in [1.165, 1.54) is 40.5 Å². The number of aryl methyl sites for hydroxylation is 1. The molecule has 2 aliphatic rings. The fraction of sp³-hybridized carbons (Fsp3) is 0.179. The summed E-state index contributed by atoms with van der Waals surface area (Å²) in [5, 5.41) is 11.7. The van der Waals surface area contributed by atoms with Gasteiger partial charge in [0, 0.05) is 12.0 Å². The lowest BCUT2D eigenvalue weighted by atomic mass is 9.94. The second-order valence-electron chi connectivity index (χ2n) is 9.14. The van der Waals surface area contributed by atoms with Crippen molar-refractivity contribution in [3.8, 4) is 5.75 Å². The van der Waals surface area contributed by atoms with Crippen LogP contribution in [0.4, 0.5) is 9.52 Å². The highest BCUT2D eigenvalue weighted by atomic mass is 32.1. The average molecular weight is 501 g/mol. The smallest absolute Gasteiger partial charge is 0.301 e. The number of carbonyl (C=O) groups excluding carboxylic acids is 2. The van der Waals surface area contributed by atoms with Crippen LogP contribution in [-0.4, -0.2) is 27.9 Å². The number of carbonyl (C=O) groups is 2. The highest BCUT2D eigenvalue weighted by Crippen LogP contribution is 2.45. The largest absolute Gasteiger partial charge is 0.507 e. The molecule has 2 atom stereocenters. The molecule has 0 spiro atoms. The van der Waals surface area contributed by atoms with Gasteiger partial charge >= 0.3 is 5.91 Å². The van der Waals surface area contributed by atoms with E-state index in [9.17, 15) is 19.1 Å².